The van der Waals surface area contributed by atoms with E-state index in [4.69, 9.17) is 4.74 Å². The van der Waals surface area contributed by atoms with Crippen LogP contribution in [0.15, 0.2) is 102 Å². The average molecular weight is 705 g/mol. The Kier molecular flexibility index (Phi) is 8.12. The summed E-state index contributed by atoms with van der Waals surface area (Å²) in [6.07, 6.45) is -0.362. The van der Waals surface area contributed by atoms with Crippen LogP contribution in [0.1, 0.15) is 35.6 Å². The van der Waals surface area contributed by atoms with Gasteiger partial charge in [-0.2, -0.15) is 0 Å². The first-order valence-electron chi connectivity index (χ1n) is 17.6. The number of para-hydroxylation sites is 2. The van der Waals surface area contributed by atoms with Crippen molar-refractivity contribution in [3.05, 3.63) is 130 Å². The van der Waals surface area contributed by atoms with Gasteiger partial charge in [-0.3, -0.25) is 19.5 Å². The number of aliphatic hydroxyl groups is 1. The summed E-state index contributed by atoms with van der Waals surface area (Å²) in [4.78, 5) is 45.3. The van der Waals surface area contributed by atoms with Crippen LogP contribution < -0.4 is 10.5 Å². The van der Waals surface area contributed by atoms with Crippen molar-refractivity contribution < 1.29 is 23.5 Å². The predicted molar refractivity (Wildman–Crippen MR) is 196 cm³/mol. The van der Waals surface area contributed by atoms with Crippen LogP contribution in [0.25, 0.3) is 16.6 Å². The van der Waals surface area contributed by atoms with Gasteiger partial charge in [-0.15, -0.1) is 0 Å². The van der Waals surface area contributed by atoms with Crippen molar-refractivity contribution in [3.8, 4) is 5.69 Å². The third-order valence-corrected chi connectivity index (χ3v) is 13.7. The summed E-state index contributed by atoms with van der Waals surface area (Å²) in [7, 11) is -3.49. The maximum Gasteiger partial charge on any atom is 0.279 e. The van der Waals surface area contributed by atoms with Crippen molar-refractivity contribution in [2.45, 2.75) is 69.2 Å². The van der Waals surface area contributed by atoms with Crippen molar-refractivity contribution in [1.29, 1.82) is 0 Å². The van der Waals surface area contributed by atoms with Crippen molar-refractivity contribution >= 4 is 36.8 Å². The van der Waals surface area contributed by atoms with E-state index in [-0.39, 0.29) is 43.0 Å². The summed E-state index contributed by atoms with van der Waals surface area (Å²) in [5, 5.41) is 14.0. The van der Waals surface area contributed by atoms with Crippen LogP contribution in [-0.2, 0) is 39.4 Å². The van der Waals surface area contributed by atoms with Gasteiger partial charge in [0.25, 0.3) is 11.5 Å². The molecule has 0 saturated carbocycles. The molecule has 2 amide bonds. The Labute approximate surface area is 296 Å². The smallest absolute Gasteiger partial charge is 0.279 e. The van der Waals surface area contributed by atoms with Gasteiger partial charge in [0.2, 0.25) is 14.3 Å². The van der Waals surface area contributed by atoms with E-state index < -0.39 is 31.6 Å². The van der Waals surface area contributed by atoms with Crippen LogP contribution in [0.2, 0.25) is 18.6 Å². The summed E-state index contributed by atoms with van der Waals surface area (Å²) in [5.74, 6) is -1.02. The van der Waals surface area contributed by atoms with Gasteiger partial charge in [-0.25, -0.2) is 4.68 Å². The number of benzene rings is 4. The highest BCUT2D eigenvalue weighted by Crippen LogP contribution is 2.60. The number of H-pyrrole nitrogens is 1. The Morgan fingerprint density at radius 1 is 0.961 bits per heavy atom. The van der Waals surface area contributed by atoms with Crippen molar-refractivity contribution in [2.24, 2.45) is 5.92 Å². The second-order valence-corrected chi connectivity index (χ2v) is 18.5. The molecular formula is C40H41FN4O5Si. The van der Waals surface area contributed by atoms with Gasteiger partial charge < -0.3 is 23.8 Å². The number of nitrogens with one attached hydrogen (secondary N) is 1. The van der Waals surface area contributed by atoms with Crippen molar-refractivity contribution in [2.75, 3.05) is 11.5 Å². The van der Waals surface area contributed by atoms with Crippen LogP contribution in [-0.4, -0.2) is 58.8 Å². The van der Waals surface area contributed by atoms with Crippen LogP contribution in [0.4, 0.5) is 9.80 Å². The third kappa shape index (κ3) is 5.37. The maximum absolute atomic E-state index is 16.4. The zero-order valence-electron chi connectivity index (χ0n) is 28.9. The Bertz CT molecular complexity index is 2210. The molecule has 1 spiro atoms. The largest absolute Gasteiger partial charge is 0.394 e. The van der Waals surface area contributed by atoms with E-state index in [0.717, 1.165) is 22.2 Å². The molecule has 0 radical (unpaired) electrons. The Morgan fingerprint density at radius 3 is 2.37 bits per heavy atom. The first-order chi connectivity index (χ1) is 24.5. The number of ether oxygens (including phenoxy) is 1. The van der Waals surface area contributed by atoms with Gasteiger partial charge in [0.15, 0.2) is 5.60 Å². The summed E-state index contributed by atoms with van der Waals surface area (Å²) in [6, 6.07) is 29.8. The highest BCUT2D eigenvalue weighted by Gasteiger charge is 2.67. The van der Waals surface area contributed by atoms with Crippen LogP contribution in [0.5, 0.6) is 0 Å². The van der Waals surface area contributed by atoms with E-state index >= 15 is 4.11 Å². The number of amides is 2. The second kappa shape index (κ2) is 12.4. The molecule has 0 unspecified atom stereocenters. The highest BCUT2D eigenvalue weighted by atomic mass is 28.4. The fourth-order valence-corrected chi connectivity index (χ4v) is 11.4. The third-order valence-electron chi connectivity index (χ3n) is 11.3. The number of aromatic nitrogens is 2. The molecule has 11 heteroatoms. The average Bonchev–Trinajstić information content (AvgIpc) is 3.71. The lowest BCUT2D eigenvalue weighted by atomic mass is 9.82. The molecule has 9 nitrogen and oxygen atoms in total. The zero-order valence-corrected chi connectivity index (χ0v) is 29.9. The SMILES string of the molecule is C[C@H]1[C@H]([Si](C)(C)F)[C@@H](CC(=O)N2Cc3ccccc3C[C@H]2CO)O[C@]12C(=O)N(Cc1ccc(-n3[nH]c4ccccc4c3=O)cc1)c1ccccc12. The molecule has 3 aliphatic heterocycles. The molecular weight excluding hydrogens is 664 g/mol. The number of carbonyl (C=O) groups is 2. The minimum absolute atomic E-state index is 0.0835. The highest BCUT2D eigenvalue weighted by molar-refractivity contribution is 6.72. The topological polar surface area (TPSA) is 108 Å². The summed E-state index contributed by atoms with van der Waals surface area (Å²) < 4.78 is 24.8. The van der Waals surface area contributed by atoms with E-state index in [1.54, 1.807) is 29.0 Å². The lowest BCUT2D eigenvalue weighted by Crippen LogP contribution is -2.48. The van der Waals surface area contributed by atoms with Gasteiger partial charge in [0, 0.05) is 23.6 Å². The fraction of sp³-hybridized carbons (Fsp3) is 0.325. The molecule has 1 aromatic heterocycles. The van der Waals surface area contributed by atoms with Gasteiger partial charge in [-0.1, -0.05) is 73.7 Å². The predicted octanol–water partition coefficient (Wildman–Crippen LogP) is 5.98. The number of rotatable bonds is 7. The molecule has 2 N–H and O–H groups in total. The zero-order chi connectivity index (χ0) is 35.7. The van der Waals surface area contributed by atoms with Gasteiger partial charge in [-0.05, 0) is 66.5 Å². The number of halogens is 1. The summed E-state index contributed by atoms with van der Waals surface area (Å²) in [6.45, 7) is 5.57. The number of hydrogen-bond donors (Lipinski definition) is 2. The molecule has 1 fully saturated rings. The number of hydrogen-bond acceptors (Lipinski definition) is 5. The van der Waals surface area contributed by atoms with E-state index in [2.05, 4.69) is 5.10 Å². The lowest BCUT2D eigenvalue weighted by Gasteiger charge is -2.37. The number of carbonyl (C=O) groups excluding carboxylic acids is 2. The molecule has 0 aliphatic carbocycles. The maximum atomic E-state index is 16.4. The monoisotopic (exact) mass is 704 g/mol. The molecule has 1 saturated heterocycles. The molecule has 8 rings (SSSR count). The molecule has 4 heterocycles. The molecule has 5 atom stereocenters. The fourth-order valence-electron chi connectivity index (χ4n) is 8.86. The Morgan fingerprint density at radius 2 is 1.65 bits per heavy atom. The summed E-state index contributed by atoms with van der Waals surface area (Å²) >= 11 is 0. The molecule has 0 bridgehead atoms. The second-order valence-electron chi connectivity index (χ2n) is 14.7. The quantitative estimate of drug-likeness (QED) is 0.160. The van der Waals surface area contributed by atoms with Crippen LogP contribution >= 0.6 is 0 Å². The van der Waals surface area contributed by atoms with Gasteiger partial charge in [0.1, 0.15) is 0 Å². The van der Waals surface area contributed by atoms with Crippen LogP contribution in [0, 0.1) is 5.92 Å². The number of aromatic amines is 1. The van der Waals surface area contributed by atoms with Crippen molar-refractivity contribution in [3.63, 3.8) is 0 Å². The van der Waals surface area contributed by atoms with E-state index in [0.29, 0.717) is 35.3 Å². The first kappa shape index (κ1) is 33.3. The standard InChI is InChI=1S/C40H41FN4O5Si/c1-25-37(51(2,3)41)35(21-36(47)43-23-28-11-5-4-10-27(28)20-30(43)24-46)50-40(25)32-13-7-9-15-34(32)44(39(40)49)22-26-16-18-29(19-17-26)45-38(48)31-12-6-8-14-33(31)42-45/h4-19,25,30,35,37,42,46H,20-24H2,1-3H3/t25-,30-,35+,37-,40+/m0/s1. The van der Waals surface area contributed by atoms with E-state index in [1.807, 2.05) is 97.9 Å². The van der Waals surface area contributed by atoms with Gasteiger partial charge >= 0.3 is 0 Å². The van der Waals surface area contributed by atoms with Gasteiger partial charge in [0.05, 0.1) is 54.0 Å². The summed E-state index contributed by atoms with van der Waals surface area (Å²) in [5.41, 5.74) is 3.55. The molecule has 51 heavy (non-hydrogen) atoms. The normalized spacial score (nSPS) is 24.4. The number of aliphatic hydroxyl groups excluding tert-OH is 1. The molecule has 3 aliphatic rings. The number of fused-ring (bicyclic) bond motifs is 4. The first-order valence-corrected chi connectivity index (χ1v) is 20.5. The molecule has 262 valence electrons. The minimum atomic E-state index is -3.49. The van der Waals surface area contributed by atoms with Crippen molar-refractivity contribution in [1.82, 2.24) is 14.7 Å². The van der Waals surface area contributed by atoms with E-state index in [9.17, 15) is 19.5 Å². The number of nitrogens with zero attached hydrogens (tertiary/aromatic N) is 3. The molecule has 4 aromatic carbocycles. The molecule has 5 aromatic rings. The number of anilines is 1. The van der Waals surface area contributed by atoms with Crippen LogP contribution in [0.3, 0.4) is 0 Å². The minimum Gasteiger partial charge on any atom is -0.394 e. The lowest BCUT2D eigenvalue weighted by molar-refractivity contribution is -0.151. The Balaban J connectivity index is 1.09. The van der Waals surface area contributed by atoms with E-state index in [1.165, 1.54) is 4.68 Å². The Hall–Kier alpha value is -4.84.